The summed E-state index contributed by atoms with van der Waals surface area (Å²) < 4.78 is 62.6. The SMILES string of the molecule is CCC1O[C@@H](OC)C(OC(=O)c2ccccc2)[C@H](OCc2ccccc2)[C@H]1O[C@@H]1OC(COC(C)=O)[C@H](OC(=O)OCC2c3ccccc3-c3ccccc32)[C@@H](OCc2ccccc2)C1N=[N+]=[N-]. The van der Waals surface area contributed by atoms with Crippen molar-refractivity contribution in [1.82, 2.24) is 0 Å². The number of carbonyl (C=O) groups is 3. The lowest BCUT2D eigenvalue weighted by Crippen LogP contribution is -2.65. The molecule has 2 heterocycles. The lowest BCUT2D eigenvalue weighted by Gasteiger charge is -2.49. The molecule has 68 heavy (non-hydrogen) atoms. The molecule has 16 nitrogen and oxygen atoms in total. The third kappa shape index (κ3) is 11.2. The lowest BCUT2D eigenvalue weighted by atomic mass is 9.94. The van der Waals surface area contributed by atoms with Gasteiger partial charge in [-0.2, -0.15) is 0 Å². The molecule has 0 saturated carbocycles. The third-order valence-electron chi connectivity index (χ3n) is 12.2. The van der Waals surface area contributed by atoms with E-state index in [1.165, 1.54) is 14.0 Å². The van der Waals surface area contributed by atoms with Crippen LogP contribution < -0.4 is 0 Å². The van der Waals surface area contributed by atoms with Crippen LogP contribution in [0.1, 0.15) is 58.8 Å². The molecular weight excluding hydrogens is 875 g/mol. The van der Waals surface area contributed by atoms with Gasteiger partial charge in [-0.05, 0) is 57.5 Å². The van der Waals surface area contributed by atoms with Crippen LogP contribution >= 0.6 is 0 Å². The highest BCUT2D eigenvalue weighted by atomic mass is 16.8. The van der Waals surface area contributed by atoms with E-state index in [0.29, 0.717) is 6.42 Å². The predicted molar refractivity (Wildman–Crippen MR) is 245 cm³/mol. The van der Waals surface area contributed by atoms with E-state index in [1.807, 2.05) is 116 Å². The molecule has 0 N–H and O–H groups in total. The molecule has 0 radical (unpaired) electrons. The number of carbonyl (C=O) groups excluding carboxylic acids is 3. The van der Waals surface area contributed by atoms with Crippen LogP contribution in [0.4, 0.5) is 4.79 Å². The van der Waals surface area contributed by atoms with Crippen LogP contribution in [0.5, 0.6) is 0 Å². The first kappa shape index (κ1) is 47.9. The van der Waals surface area contributed by atoms with E-state index in [2.05, 4.69) is 10.0 Å². The van der Waals surface area contributed by atoms with Crippen LogP contribution in [-0.4, -0.2) is 99.8 Å². The number of rotatable bonds is 18. The summed E-state index contributed by atoms with van der Waals surface area (Å²) in [5.74, 6) is -1.57. The first-order valence-electron chi connectivity index (χ1n) is 22.5. The fourth-order valence-corrected chi connectivity index (χ4v) is 8.92. The average Bonchev–Trinajstić information content (AvgIpc) is 3.69. The van der Waals surface area contributed by atoms with Crippen molar-refractivity contribution in [3.8, 4) is 11.1 Å². The molecule has 4 unspecified atom stereocenters. The predicted octanol–water partition coefficient (Wildman–Crippen LogP) is 8.85. The molecule has 16 heteroatoms. The Morgan fingerprint density at radius 3 is 1.75 bits per heavy atom. The van der Waals surface area contributed by atoms with E-state index in [9.17, 15) is 19.9 Å². The molecule has 2 saturated heterocycles. The van der Waals surface area contributed by atoms with Crippen LogP contribution in [0.2, 0.25) is 0 Å². The Morgan fingerprint density at radius 2 is 1.18 bits per heavy atom. The lowest BCUT2D eigenvalue weighted by molar-refractivity contribution is -0.347. The van der Waals surface area contributed by atoms with Gasteiger partial charge in [-0.3, -0.25) is 4.79 Å². The van der Waals surface area contributed by atoms with Gasteiger partial charge in [-0.15, -0.1) is 0 Å². The van der Waals surface area contributed by atoms with Crippen LogP contribution in [0.25, 0.3) is 21.6 Å². The highest BCUT2D eigenvalue weighted by molar-refractivity contribution is 5.89. The Hall–Kier alpha value is -6.62. The van der Waals surface area contributed by atoms with Gasteiger partial charge in [0.05, 0.1) is 24.9 Å². The minimum absolute atomic E-state index is 0.0273. The molecule has 5 aromatic carbocycles. The summed E-state index contributed by atoms with van der Waals surface area (Å²) in [6, 6.07) is 41.6. The fourth-order valence-electron chi connectivity index (χ4n) is 8.92. The van der Waals surface area contributed by atoms with Gasteiger partial charge in [0.15, 0.2) is 24.8 Å². The molecule has 5 aromatic rings. The maximum atomic E-state index is 14.0. The molecule has 3 aliphatic rings. The molecule has 354 valence electrons. The second kappa shape index (κ2) is 22.9. The summed E-state index contributed by atoms with van der Waals surface area (Å²) in [5, 5.41) is 4.15. The number of azide groups is 1. The van der Waals surface area contributed by atoms with Gasteiger partial charge >= 0.3 is 18.1 Å². The van der Waals surface area contributed by atoms with Crippen molar-refractivity contribution in [2.75, 3.05) is 20.3 Å². The number of benzene rings is 5. The van der Waals surface area contributed by atoms with Crippen molar-refractivity contribution in [1.29, 1.82) is 0 Å². The second-order valence-electron chi connectivity index (χ2n) is 16.5. The van der Waals surface area contributed by atoms with Crippen LogP contribution in [0.3, 0.4) is 0 Å². The van der Waals surface area contributed by atoms with Crippen LogP contribution in [-0.2, 0) is 65.4 Å². The molecule has 2 aliphatic heterocycles. The molecule has 8 rings (SSSR count). The minimum atomic E-state index is -1.48. The zero-order valence-electron chi connectivity index (χ0n) is 37.8. The molecule has 10 atom stereocenters. The highest BCUT2D eigenvalue weighted by Gasteiger charge is 2.55. The van der Waals surface area contributed by atoms with E-state index in [-0.39, 0.29) is 31.3 Å². The standard InChI is InChI=1S/C52H53N3O13/c1-4-41-44(47(62-29-34-20-10-6-11-21-34)48(51(59-3)64-41)66-49(57)35-22-12-7-13-23-35)67-50-43(54-55-53)46(61-28-33-18-8-5-9-19-33)45(42(65-50)31-60-32(2)56)68-52(58)63-30-40-38-26-16-14-24-36(38)37-25-15-17-27-39(37)40/h5-27,40-48,50-51H,4,28-31H2,1-3H3/t41?,42?,43?,44-,45-,46-,47+,48?,50-,51+/m0/s1. The van der Waals surface area contributed by atoms with Crippen LogP contribution in [0, 0.1) is 0 Å². The Balaban J connectivity index is 1.12. The van der Waals surface area contributed by atoms with Gasteiger partial charge in [0.1, 0.15) is 43.7 Å². The Bertz CT molecular complexity index is 2460. The van der Waals surface area contributed by atoms with Crippen molar-refractivity contribution >= 4 is 18.1 Å². The molecule has 0 amide bonds. The maximum Gasteiger partial charge on any atom is 0.508 e. The van der Waals surface area contributed by atoms with Gasteiger partial charge in [0, 0.05) is 24.9 Å². The van der Waals surface area contributed by atoms with Crippen molar-refractivity contribution in [2.45, 2.75) is 101 Å². The van der Waals surface area contributed by atoms with E-state index >= 15 is 0 Å². The molecule has 0 spiro atoms. The summed E-state index contributed by atoms with van der Waals surface area (Å²) >= 11 is 0. The van der Waals surface area contributed by atoms with E-state index < -0.39 is 86.1 Å². The fraction of sp³-hybridized carbons (Fsp3) is 0.365. The van der Waals surface area contributed by atoms with Crippen molar-refractivity contribution < 1.29 is 61.8 Å². The largest absolute Gasteiger partial charge is 0.508 e. The monoisotopic (exact) mass is 927 g/mol. The second-order valence-corrected chi connectivity index (χ2v) is 16.5. The van der Waals surface area contributed by atoms with Gasteiger partial charge in [-0.25, -0.2) is 9.59 Å². The zero-order valence-corrected chi connectivity index (χ0v) is 37.8. The smallest absolute Gasteiger partial charge is 0.463 e. The summed E-state index contributed by atoms with van der Waals surface area (Å²) in [4.78, 5) is 43.3. The maximum absolute atomic E-state index is 14.0. The van der Waals surface area contributed by atoms with Crippen molar-refractivity contribution in [3.05, 3.63) is 178 Å². The molecule has 0 aromatic heterocycles. The number of hydrogen-bond acceptors (Lipinski definition) is 14. The molecule has 0 bridgehead atoms. The van der Waals surface area contributed by atoms with E-state index in [4.69, 9.17) is 47.4 Å². The van der Waals surface area contributed by atoms with Gasteiger partial charge < -0.3 is 47.4 Å². The van der Waals surface area contributed by atoms with E-state index in [0.717, 1.165) is 33.4 Å². The molecular formula is C52H53N3O13. The van der Waals surface area contributed by atoms with Crippen molar-refractivity contribution in [2.24, 2.45) is 5.11 Å². The van der Waals surface area contributed by atoms with Gasteiger partial charge in [0.2, 0.25) is 0 Å². The summed E-state index contributed by atoms with van der Waals surface area (Å²) in [6.07, 6.45) is -11.3. The first-order valence-corrected chi connectivity index (χ1v) is 22.5. The summed E-state index contributed by atoms with van der Waals surface area (Å²) in [6.45, 7) is 2.66. The number of methoxy groups -OCH3 is 1. The molecule has 2 fully saturated rings. The quantitative estimate of drug-likeness (QED) is 0.0266. The van der Waals surface area contributed by atoms with E-state index in [1.54, 1.807) is 30.3 Å². The number of nitrogens with zero attached hydrogens (tertiary/aromatic N) is 3. The number of fused-ring (bicyclic) bond motifs is 3. The Labute approximate surface area is 393 Å². The Morgan fingerprint density at radius 1 is 0.618 bits per heavy atom. The van der Waals surface area contributed by atoms with Crippen LogP contribution in [0.15, 0.2) is 145 Å². The first-order chi connectivity index (χ1) is 33.3. The van der Waals surface area contributed by atoms with Gasteiger partial charge in [0.25, 0.3) is 0 Å². The zero-order chi connectivity index (χ0) is 47.4. The summed E-state index contributed by atoms with van der Waals surface area (Å²) in [7, 11) is 1.43. The highest BCUT2D eigenvalue weighted by Crippen LogP contribution is 2.45. The third-order valence-corrected chi connectivity index (χ3v) is 12.2. The molecule has 1 aliphatic carbocycles. The minimum Gasteiger partial charge on any atom is -0.463 e. The average molecular weight is 928 g/mol. The normalized spacial score (nSPS) is 25.2. The van der Waals surface area contributed by atoms with Gasteiger partial charge in [-0.1, -0.05) is 139 Å². The number of ether oxygens (including phenoxy) is 10. The number of hydrogen-bond donors (Lipinski definition) is 0. The van der Waals surface area contributed by atoms with Crippen molar-refractivity contribution in [3.63, 3.8) is 0 Å². The summed E-state index contributed by atoms with van der Waals surface area (Å²) in [5.41, 5.74) is 16.1. The topological polar surface area (TPSA) is 192 Å². The number of esters is 2. The Kier molecular flexibility index (Phi) is 16.1.